The minimum Gasteiger partial charge on any atom is -0.497 e. The Morgan fingerprint density at radius 3 is 2.12 bits per heavy atom. The highest BCUT2D eigenvalue weighted by Crippen LogP contribution is 2.35. The Labute approximate surface area is 240 Å². The smallest absolute Gasteiger partial charge is 0.271 e. The summed E-state index contributed by atoms with van der Waals surface area (Å²) >= 11 is 1.23. The van der Waals surface area contributed by atoms with Crippen LogP contribution >= 0.6 is 11.3 Å². The van der Waals surface area contributed by atoms with Gasteiger partial charge in [-0.1, -0.05) is 41.7 Å². The maximum atomic E-state index is 14.1. The van der Waals surface area contributed by atoms with Gasteiger partial charge in [0.05, 0.1) is 55.8 Å². The first kappa shape index (κ1) is 27.7. The van der Waals surface area contributed by atoms with Crippen molar-refractivity contribution in [3.63, 3.8) is 0 Å². The molecule has 1 N–H and O–H groups in total. The number of rotatable bonds is 8. The molecule has 2 heterocycles. The third-order valence-electron chi connectivity index (χ3n) is 6.76. The average molecular weight is 572 g/mol. The number of nitrogens with zero attached hydrogens (tertiary/aromatic N) is 2. The third-order valence-corrected chi connectivity index (χ3v) is 7.74. The number of para-hydroxylation sites is 1. The molecule has 9 nitrogen and oxygen atoms in total. The lowest BCUT2D eigenvalue weighted by molar-refractivity contribution is -0.113. The molecule has 0 bridgehead atoms. The van der Waals surface area contributed by atoms with E-state index < -0.39 is 6.04 Å². The number of nitrogens with one attached hydrogen (secondary N) is 1. The van der Waals surface area contributed by atoms with Gasteiger partial charge in [0.25, 0.3) is 11.5 Å². The molecule has 3 aromatic carbocycles. The van der Waals surface area contributed by atoms with Gasteiger partial charge in [-0.25, -0.2) is 4.99 Å². The van der Waals surface area contributed by atoms with Crippen molar-refractivity contribution in [1.82, 2.24) is 4.57 Å². The van der Waals surface area contributed by atoms with Crippen molar-refractivity contribution in [3.8, 4) is 23.0 Å². The van der Waals surface area contributed by atoms with Gasteiger partial charge in [0, 0.05) is 17.8 Å². The first-order valence-electron chi connectivity index (χ1n) is 12.7. The highest BCUT2D eigenvalue weighted by molar-refractivity contribution is 7.07. The van der Waals surface area contributed by atoms with Crippen LogP contribution < -0.4 is 39.2 Å². The molecule has 1 aromatic heterocycles. The van der Waals surface area contributed by atoms with Crippen LogP contribution in [0.25, 0.3) is 6.08 Å². The van der Waals surface area contributed by atoms with E-state index >= 15 is 0 Å². The van der Waals surface area contributed by atoms with Crippen molar-refractivity contribution in [3.05, 3.63) is 109 Å². The Bertz CT molecular complexity index is 1780. The summed E-state index contributed by atoms with van der Waals surface area (Å²) in [7, 11) is 6.22. The lowest BCUT2D eigenvalue weighted by atomic mass is 9.95. The van der Waals surface area contributed by atoms with Crippen molar-refractivity contribution < 1.29 is 23.7 Å². The summed E-state index contributed by atoms with van der Waals surface area (Å²) in [5.74, 6) is 1.85. The maximum absolute atomic E-state index is 14.1. The summed E-state index contributed by atoms with van der Waals surface area (Å²) in [5.41, 5.74) is 2.56. The third kappa shape index (κ3) is 5.33. The van der Waals surface area contributed by atoms with Gasteiger partial charge in [0.2, 0.25) is 0 Å². The molecule has 10 heteroatoms. The Morgan fingerprint density at radius 1 is 0.902 bits per heavy atom. The van der Waals surface area contributed by atoms with Crippen LogP contribution in [0.15, 0.2) is 87.8 Å². The monoisotopic (exact) mass is 571 g/mol. The molecule has 0 saturated heterocycles. The van der Waals surface area contributed by atoms with Crippen LogP contribution in [0.2, 0.25) is 0 Å². The van der Waals surface area contributed by atoms with Crippen LogP contribution in [0.3, 0.4) is 0 Å². The fourth-order valence-corrected chi connectivity index (χ4v) is 5.77. The number of carbonyl (C=O) groups is 1. The van der Waals surface area contributed by atoms with Gasteiger partial charge in [-0.3, -0.25) is 14.2 Å². The maximum Gasteiger partial charge on any atom is 0.271 e. The molecular weight excluding hydrogens is 542 g/mol. The number of aromatic nitrogens is 1. The number of thiazole rings is 1. The predicted molar refractivity (Wildman–Crippen MR) is 158 cm³/mol. The molecule has 4 aromatic rings. The van der Waals surface area contributed by atoms with Gasteiger partial charge in [-0.15, -0.1) is 0 Å². The van der Waals surface area contributed by atoms with E-state index in [0.29, 0.717) is 54.9 Å². The molecule has 1 amide bonds. The molecule has 1 atom stereocenters. The van der Waals surface area contributed by atoms with E-state index in [1.165, 1.54) is 25.6 Å². The molecule has 0 unspecified atom stereocenters. The summed E-state index contributed by atoms with van der Waals surface area (Å²) in [5, 5.41) is 2.96. The Morgan fingerprint density at radius 2 is 1.54 bits per heavy atom. The number of amides is 1. The van der Waals surface area contributed by atoms with E-state index in [-0.39, 0.29) is 11.5 Å². The second-order valence-electron chi connectivity index (χ2n) is 9.12. The highest BCUT2D eigenvalue weighted by atomic mass is 32.1. The summed E-state index contributed by atoms with van der Waals surface area (Å²) in [6.07, 6.45) is 1.72. The van der Waals surface area contributed by atoms with Gasteiger partial charge in [0.1, 0.15) is 23.0 Å². The zero-order chi connectivity index (χ0) is 29.1. The molecule has 1 aliphatic rings. The fourth-order valence-electron chi connectivity index (χ4n) is 4.74. The highest BCUT2D eigenvalue weighted by Gasteiger charge is 2.32. The molecule has 1 aliphatic heterocycles. The number of methoxy groups -OCH3 is 4. The fraction of sp³-hybridized carbons (Fsp3) is 0.194. The number of fused-ring (bicyclic) bond motifs is 1. The molecule has 0 fully saturated rings. The molecule has 0 aliphatic carbocycles. The van der Waals surface area contributed by atoms with Crippen molar-refractivity contribution in [1.29, 1.82) is 0 Å². The Hall–Kier alpha value is -4.83. The summed E-state index contributed by atoms with van der Waals surface area (Å²) < 4.78 is 23.8. The number of hydrogen-bond acceptors (Lipinski definition) is 8. The Kier molecular flexibility index (Phi) is 7.93. The molecule has 41 heavy (non-hydrogen) atoms. The van der Waals surface area contributed by atoms with E-state index in [4.69, 9.17) is 23.9 Å². The van der Waals surface area contributed by atoms with Crippen LogP contribution in [0.1, 0.15) is 24.1 Å². The van der Waals surface area contributed by atoms with E-state index in [9.17, 15) is 9.59 Å². The topological polar surface area (TPSA) is 100 Å². The van der Waals surface area contributed by atoms with Gasteiger partial charge < -0.3 is 24.3 Å². The van der Waals surface area contributed by atoms with Gasteiger partial charge >= 0.3 is 0 Å². The van der Waals surface area contributed by atoms with Crippen LogP contribution in [0.4, 0.5) is 5.69 Å². The number of anilines is 1. The van der Waals surface area contributed by atoms with Gasteiger partial charge in [-0.2, -0.15) is 0 Å². The minimum absolute atomic E-state index is 0.299. The molecule has 5 rings (SSSR count). The summed E-state index contributed by atoms with van der Waals surface area (Å²) in [6, 6.07) is 19.2. The largest absolute Gasteiger partial charge is 0.497 e. The SMILES string of the molecule is COc1ccc([C@H]2C(C(=O)Nc3ccccc3)=C(C)N=c3s/c(=C\c4c(OC)cc(OC)cc4OC)c(=O)n32)cc1. The number of hydrogen-bond donors (Lipinski definition) is 1. The van der Waals surface area contributed by atoms with Crippen molar-refractivity contribution in [2.24, 2.45) is 4.99 Å². The van der Waals surface area contributed by atoms with Crippen molar-refractivity contribution in [2.75, 3.05) is 33.8 Å². The standard InChI is InChI=1S/C31H29N3O6S/c1-18-27(29(35)33-20-9-7-6-8-10-20)28(19-11-13-21(37-2)14-12-19)34-30(36)26(41-31(34)32-18)17-23-24(39-4)15-22(38-3)16-25(23)40-5/h6-17,28H,1-5H3,(H,33,35)/b26-17-/t28-/m0/s1. The van der Waals surface area contributed by atoms with E-state index in [1.54, 1.807) is 68.2 Å². The van der Waals surface area contributed by atoms with Crippen molar-refractivity contribution >= 4 is 29.0 Å². The lowest BCUT2D eigenvalue weighted by Gasteiger charge is -2.25. The second kappa shape index (κ2) is 11.7. The van der Waals surface area contributed by atoms with E-state index in [1.807, 2.05) is 30.3 Å². The number of carbonyl (C=O) groups excluding carboxylic acids is 1. The second-order valence-corrected chi connectivity index (χ2v) is 10.1. The van der Waals surface area contributed by atoms with E-state index in [2.05, 4.69) is 5.32 Å². The zero-order valence-electron chi connectivity index (χ0n) is 23.3. The number of benzene rings is 3. The quantitative estimate of drug-likeness (QED) is 0.344. The molecule has 0 saturated carbocycles. The minimum atomic E-state index is -0.720. The van der Waals surface area contributed by atoms with Crippen LogP contribution in [-0.4, -0.2) is 38.9 Å². The van der Waals surface area contributed by atoms with Crippen LogP contribution in [-0.2, 0) is 4.79 Å². The first-order valence-corrected chi connectivity index (χ1v) is 13.5. The molecule has 210 valence electrons. The molecule has 0 radical (unpaired) electrons. The number of allylic oxidation sites excluding steroid dienone is 1. The zero-order valence-corrected chi connectivity index (χ0v) is 24.1. The molecular formula is C31H29N3O6S. The van der Waals surface area contributed by atoms with Gasteiger partial charge in [-0.05, 0) is 42.8 Å². The summed E-state index contributed by atoms with van der Waals surface area (Å²) in [4.78, 5) is 33.0. The van der Waals surface area contributed by atoms with Crippen LogP contribution in [0.5, 0.6) is 23.0 Å². The Balaban J connectivity index is 1.70. The molecule has 0 spiro atoms. The summed E-state index contributed by atoms with van der Waals surface area (Å²) in [6.45, 7) is 1.78. The van der Waals surface area contributed by atoms with Gasteiger partial charge in [0.15, 0.2) is 4.80 Å². The number of ether oxygens (including phenoxy) is 4. The predicted octanol–water partition coefficient (Wildman–Crippen LogP) is 3.91. The lowest BCUT2D eigenvalue weighted by Crippen LogP contribution is -2.40. The normalized spacial score (nSPS) is 14.7. The van der Waals surface area contributed by atoms with E-state index in [0.717, 1.165) is 5.56 Å². The van der Waals surface area contributed by atoms with Crippen LogP contribution in [0, 0.1) is 0 Å². The average Bonchev–Trinajstić information content (AvgIpc) is 3.30. The van der Waals surface area contributed by atoms with Crippen molar-refractivity contribution in [2.45, 2.75) is 13.0 Å². The first-order chi connectivity index (χ1) is 19.9.